The number of rotatable bonds is 5. The Kier molecular flexibility index (Phi) is 8.54. The minimum Gasteiger partial charge on any atom is -0.381 e. The van der Waals surface area contributed by atoms with Gasteiger partial charge in [-0.1, -0.05) is 12.1 Å². The van der Waals surface area contributed by atoms with Gasteiger partial charge in [0.1, 0.15) is 0 Å². The highest BCUT2D eigenvalue weighted by molar-refractivity contribution is 7.85. The molecule has 1 aliphatic heterocycles. The summed E-state index contributed by atoms with van der Waals surface area (Å²) < 4.78 is 17.3. The number of hydrogen-bond donors (Lipinski definition) is 2. The van der Waals surface area contributed by atoms with Gasteiger partial charge < -0.3 is 15.8 Å². The number of carbonyl (C=O) groups excluding carboxylic acids is 1. The molecule has 0 spiro atoms. The summed E-state index contributed by atoms with van der Waals surface area (Å²) in [7, 11) is -0.973. The van der Waals surface area contributed by atoms with E-state index in [9.17, 15) is 9.00 Å². The topological polar surface area (TPSA) is 81.4 Å². The van der Waals surface area contributed by atoms with Gasteiger partial charge in [-0.2, -0.15) is 0 Å². The van der Waals surface area contributed by atoms with Crippen molar-refractivity contribution in [1.82, 2.24) is 0 Å². The number of nitrogens with two attached hydrogens (primary N) is 1. The highest BCUT2D eigenvalue weighted by Gasteiger charge is 2.26. The fourth-order valence-electron chi connectivity index (χ4n) is 2.62. The van der Waals surface area contributed by atoms with E-state index in [0.29, 0.717) is 24.7 Å². The van der Waals surface area contributed by atoms with Gasteiger partial charge in [-0.05, 0) is 57.2 Å². The standard InChI is InChI=1S/C18H28N2O3S.ClH/c1-18(2,3)24(22)12-13-5-4-6-15(11-13)20-17(21)16(19)14-7-9-23-10-8-14;/h4-6,11,14,16H,7-10,12,19H2,1-3H3,(H,20,21);1H. The Labute approximate surface area is 158 Å². The normalized spacial score (nSPS) is 18.1. The van der Waals surface area contributed by atoms with Gasteiger partial charge in [0.15, 0.2) is 0 Å². The number of amides is 1. The highest BCUT2D eigenvalue weighted by atomic mass is 35.5. The van der Waals surface area contributed by atoms with E-state index in [-0.39, 0.29) is 29.0 Å². The summed E-state index contributed by atoms with van der Waals surface area (Å²) in [6.07, 6.45) is 1.64. The van der Waals surface area contributed by atoms with Crippen molar-refractivity contribution in [2.45, 2.75) is 50.2 Å². The first-order valence-corrected chi connectivity index (χ1v) is 9.71. The Balaban J connectivity index is 0.00000312. The molecule has 1 amide bonds. The van der Waals surface area contributed by atoms with Crippen LogP contribution in [0, 0.1) is 5.92 Å². The molecule has 2 atom stereocenters. The molecule has 2 unspecified atom stereocenters. The summed E-state index contributed by atoms with van der Waals surface area (Å²) in [5.41, 5.74) is 7.74. The third-order valence-corrected chi connectivity index (χ3v) is 6.21. The van der Waals surface area contributed by atoms with Gasteiger partial charge in [0, 0.05) is 40.2 Å². The maximum Gasteiger partial charge on any atom is 0.241 e. The first-order valence-electron chi connectivity index (χ1n) is 8.39. The molecule has 7 heteroatoms. The molecule has 1 saturated heterocycles. The number of anilines is 1. The Hall–Kier alpha value is -0.950. The van der Waals surface area contributed by atoms with Crippen molar-refractivity contribution in [3.63, 3.8) is 0 Å². The predicted molar refractivity (Wildman–Crippen MR) is 105 cm³/mol. The van der Waals surface area contributed by atoms with E-state index >= 15 is 0 Å². The van der Waals surface area contributed by atoms with Crippen LogP contribution in [0.3, 0.4) is 0 Å². The fourth-order valence-corrected chi connectivity index (χ4v) is 3.54. The van der Waals surface area contributed by atoms with Gasteiger partial charge in [-0.25, -0.2) is 0 Å². The van der Waals surface area contributed by atoms with Gasteiger partial charge in [0.25, 0.3) is 0 Å². The maximum atomic E-state index is 12.4. The summed E-state index contributed by atoms with van der Waals surface area (Å²) in [6, 6.07) is 6.97. The summed E-state index contributed by atoms with van der Waals surface area (Å²) in [6.45, 7) is 7.21. The average molecular weight is 389 g/mol. The van der Waals surface area contributed by atoms with Crippen LogP contribution in [0.15, 0.2) is 24.3 Å². The van der Waals surface area contributed by atoms with Crippen LogP contribution in [0.5, 0.6) is 0 Å². The molecule has 1 fully saturated rings. The third-order valence-electron chi connectivity index (χ3n) is 4.25. The maximum absolute atomic E-state index is 12.4. The molecule has 0 aliphatic carbocycles. The van der Waals surface area contributed by atoms with E-state index in [0.717, 1.165) is 18.4 Å². The zero-order valence-electron chi connectivity index (χ0n) is 15.1. The second-order valence-corrected chi connectivity index (χ2v) is 9.47. The SMILES string of the molecule is CC(C)(C)S(=O)Cc1cccc(NC(=O)C(N)C2CCOCC2)c1.Cl. The quantitative estimate of drug-likeness (QED) is 0.812. The molecule has 3 N–H and O–H groups in total. The molecular weight excluding hydrogens is 360 g/mol. The van der Waals surface area contributed by atoms with Gasteiger partial charge >= 0.3 is 0 Å². The van der Waals surface area contributed by atoms with Crippen molar-refractivity contribution in [3.8, 4) is 0 Å². The zero-order chi connectivity index (χ0) is 17.7. The van der Waals surface area contributed by atoms with E-state index in [1.54, 1.807) is 0 Å². The van der Waals surface area contributed by atoms with Crippen LogP contribution in [0.4, 0.5) is 5.69 Å². The Morgan fingerprint density at radius 1 is 1.36 bits per heavy atom. The van der Waals surface area contributed by atoms with E-state index in [1.165, 1.54) is 0 Å². The van der Waals surface area contributed by atoms with Crippen molar-refractivity contribution in [2.75, 3.05) is 18.5 Å². The van der Waals surface area contributed by atoms with Gasteiger partial charge in [-0.15, -0.1) is 12.4 Å². The summed E-state index contributed by atoms with van der Waals surface area (Å²) in [4.78, 5) is 12.4. The number of carbonyl (C=O) groups is 1. The number of benzene rings is 1. The lowest BCUT2D eigenvalue weighted by molar-refractivity contribution is -0.119. The minimum atomic E-state index is -0.973. The second kappa shape index (κ2) is 9.67. The molecule has 1 aromatic carbocycles. The van der Waals surface area contributed by atoms with Crippen molar-refractivity contribution >= 4 is 34.8 Å². The van der Waals surface area contributed by atoms with Crippen LogP contribution in [0.25, 0.3) is 0 Å². The molecule has 2 rings (SSSR count). The van der Waals surface area contributed by atoms with E-state index < -0.39 is 16.8 Å². The summed E-state index contributed by atoms with van der Waals surface area (Å²) in [5, 5.41) is 2.89. The van der Waals surface area contributed by atoms with Crippen molar-refractivity contribution in [3.05, 3.63) is 29.8 Å². The number of nitrogens with one attached hydrogen (secondary N) is 1. The van der Waals surface area contributed by atoms with Crippen LogP contribution in [0.2, 0.25) is 0 Å². The minimum absolute atomic E-state index is 0. The summed E-state index contributed by atoms with van der Waals surface area (Å²) >= 11 is 0. The van der Waals surface area contributed by atoms with Crippen LogP contribution < -0.4 is 11.1 Å². The Morgan fingerprint density at radius 2 is 2.00 bits per heavy atom. The largest absolute Gasteiger partial charge is 0.381 e. The first kappa shape index (κ1) is 22.1. The van der Waals surface area contributed by atoms with Gasteiger partial charge in [-0.3, -0.25) is 9.00 Å². The van der Waals surface area contributed by atoms with E-state index in [4.69, 9.17) is 10.5 Å². The molecule has 1 heterocycles. The highest BCUT2D eigenvalue weighted by Crippen LogP contribution is 2.21. The van der Waals surface area contributed by atoms with Crippen LogP contribution in [-0.4, -0.2) is 34.1 Å². The Morgan fingerprint density at radius 3 is 2.60 bits per heavy atom. The fraction of sp³-hybridized carbons (Fsp3) is 0.611. The molecule has 25 heavy (non-hydrogen) atoms. The molecule has 5 nitrogen and oxygen atoms in total. The van der Waals surface area contributed by atoms with Crippen molar-refractivity contribution in [1.29, 1.82) is 0 Å². The zero-order valence-corrected chi connectivity index (χ0v) is 16.8. The predicted octanol–water partition coefficient (Wildman–Crippen LogP) is 2.85. The summed E-state index contributed by atoms with van der Waals surface area (Å²) in [5.74, 6) is 0.463. The third kappa shape index (κ3) is 6.70. The second-order valence-electron chi connectivity index (χ2n) is 7.27. The Bertz CT molecular complexity index is 598. The lowest BCUT2D eigenvalue weighted by Crippen LogP contribution is -2.44. The number of hydrogen-bond acceptors (Lipinski definition) is 4. The monoisotopic (exact) mass is 388 g/mol. The molecule has 0 saturated carbocycles. The van der Waals surface area contributed by atoms with Crippen LogP contribution >= 0.6 is 12.4 Å². The van der Waals surface area contributed by atoms with E-state index in [1.807, 2.05) is 45.0 Å². The smallest absolute Gasteiger partial charge is 0.241 e. The molecule has 0 bridgehead atoms. The lowest BCUT2D eigenvalue weighted by atomic mass is 9.92. The average Bonchev–Trinajstić information content (AvgIpc) is 2.54. The molecule has 1 aliphatic rings. The molecule has 142 valence electrons. The molecular formula is C18H29ClN2O3S. The number of ether oxygens (including phenoxy) is 1. The van der Waals surface area contributed by atoms with Gasteiger partial charge in [0.05, 0.1) is 6.04 Å². The molecule has 0 radical (unpaired) electrons. The molecule has 1 aromatic rings. The van der Waals surface area contributed by atoms with Crippen molar-refractivity contribution in [2.24, 2.45) is 11.7 Å². The lowest BCUT2D eigenvalue weighted by Gasteiger charge is -2.26. The first-order chi connectivity index (χ1) is 11.3. The van der Waals surface area contributed by atoms with Gasteiger partial charge in [0.2, 0.25) is 5.91 Å². The molecule has 0 aromatic heterocycles. The van der Waals surface area contributed by atoms with Crippen molar-refractivity contribution < 1.29 is 13.7 Å². The van der Waals surface area contributed by atoms with E-state index in [2.05, 4.69) is 5.32 Å². The number of halogens is 1. The van der Waals surface area contributed by atoms with Crippen LogP contribution in [-0.2, 0) is 26.1 Å². The van der Waals surface area contributed by atoms with Crippen LogP contribution in [0.1, 0.15) is 39.2 Å².